The lowest BCUT2D eigenvalue weighted by Gasteiger charge is -2.28. The fourth-order valence-corrected chi connectivity index (χ4v) is 3.41. The Balaban J connectivity index is 2.82. The quantitative estimate of drug-likeness (QED) is 0.271. The normalized spacial score (nSPS) is 18.9. The van der Waals surface area contributed by atoms with E-state index in [1.165, 1.54) is 4.90 Å². The lowest BCUT2D eigenvalue weighted by atomic mass is 10.1. The predicted molar refractivity (Wildman–Crippen MR) is 120 cm³/mol. The first-order chi connectivity index (χ1) is 15.1. The Kier molecular flexibility index (Phi) is 12.2. The van der Waals surface area contributed by atoms with E-state index in [2.05, 4.69) is 10.6 Å². The summed E-state index contributed by atoms with van der Waals surface area (Å²) in [5, 5.41) is 14.6. The number of allylic oxidation sites excluding steroid dienone is 6. The molecule has 0 aromatic heterocycles. The fraction of sp³-hybridized carbons (Fsp3) is 0.476. The topological polar surface area (TPSA) is 153 Å². The van der Waals surface area contributed by atoms with Crippen LogP contribution < -0.4 is 10.6 Å². The molecule has 0 aliphatic heterocycles. The van der Waals surface area contributed by atoms with E-state index >= 15 is 0 Å². The van der Waals surface area contributed by atoms with Crippen LogP contribution >= 0.6 is 0 Å². The number of carboxylic acid groups (broad SMARTS) is 1. The molecule has 0 aromatic rings. The van der Waals surface area contributed by atoms with Crippen molar-refractivity contribution < 1.29 is 32.5 Å². The van der Waals surface area contributed by atoms with Gasteiger partial charge in [0.15, 0.2) is 0 Å². The van der Waals surface area contributed by atoms with Crippen LogP contribution in [-0.2, 0) is 24.5 Å². The molecule has 0 bridgehead atoms. The van der Waals surface area contributed by atoms with Crippen molar-refractivity contribution in [1.82, 2.24) is 15.5 Å². The van der Waals surface area contributed by atoms with E-state index in [1.807, 2.05) is 6.08 Å². The van der Waals surface area contributed by atoms with Crippen molar-refractivity contribution in [1.29, 1.82) is 0 Å². The van der Waals surface area contributed by atoms with Crippen LogP contribution in [0.4, 0.5) is 0 Å². The van der Waals surface area contributed by atoms with Crippen molar-refractivity contribution in [2.24, 2.45) is 0 Å². The largest absolute Gasteiger partial charge is 0.481 e. The Labute approximate surface area is 188 Å². The third-order valence-corrected chi connectivity index (χ3v) is 5.24. The highest BCUT2D eigenvalue weighted by atomic mass is 32.2. The van der Waals surface area contributed by atoms with E-state index < -0.39 is 33.8 Å². The Morgan fingerprint density at radius 1 is 1.06 bits per heavy atom. The Morgan fingerprint density at radius 3 is 2.38 bits per heavy atom. The van der Waals surface area contributed by atoms with Crippen molar-refractivity contribution in [3.8, 4) is 0 Å². The van der Waals surface area contributed by atoms with Gasteiger partial charge in [0, 0.05) is 31.6 Å². The molecular weight excluding hydrogens is 438 g/mol. The second-order valence-corrected chi connectivity index (χ2v) is 8.61. The number of carboxylic acids is 1. The van der Waals surface area contributed by atoms with Crippen molar-refractivity contribution >= 4 is 27.9 Å². The Hall–Kier alpha value is -2.76. The summed E-state index contributed by atoms with van der Waals surface area (Å²) in [7, 11) is -4.18. The molecule has 11 heteroatoms. The SMILES string of the molecule is CCNC(CNC(=O)C1=C/C=C\C=C/C=C\1)C(=O)N(CCCC(=O)O)CCCS(=O)(=O)O. The fourth-order valence-electron chi connectivity index (χ4n) is 2.92. The highest BCUT2D eigenvalue weighted by Crippen LogP contribution is 2.05. The number of nitrogens with zero attached hydrogens (tertiary/aromatic N) is 1. The van der Waals surface area contributed by atoms with E-state index in [4.69, 9.17) is 9.66 Å². The van der Waals surface area contributed by atoms with Crippen LogP contribution in [0, 0.1) is 0 Å². The van der Waals surface area contributed by atoms with Gasteiger partial charge in [0.05, 0.1) is 5.75 Å². The van der Waals surface area contributed by atoms with E-state index in [9.17, 15) is 22.8 Å². The summed E-state index contributed by atoms with van der Waals surface area (Å²) in [6.07, 6.45) is 12.2. The molecule has 1 aliphatic carbocycles. The van der Waals surface area contributed by atoms with Gasteiger partial charge in [-0.1, -0.05) is 37.3 Å². The number of amides is 2. The molecule has 4 N–H and O–H groups in total. The smallest absolute Gasteiger partial charge is 0.303 e. The number of carbonyl (C=O) groups excluding carboxylic acids is 2. The van der Waals surface area contributed by atoms with E-state index in [1.54, 1.807) is 43.4 Å². The van der Waals surface area contributed by atoms with Gasteiger partial charge >= 0.3 is 5.97 Å². The monoisotopic (exact) mass is 469 g/mol. The van der Waals surface area contributed by atoms with Crippen LogP contribution in [0.3, 0.4) is 0 Å². The summed E-state index contributed by atoms with van der Waals surface area (Å²) in [6.45, 7) is 2.36. The lowest BCUT2D eigenvalue weighted by Crippen LogP contribution is -2.52. The van der Waals surface area contributed by atoms with Gasteiger partial charge in [0.1, 0.15) is 6.04 Å². The summed E-state index contributed by atoms with van der Waals surface area (Å²) in [4.78, 5) is 37.7. The van der Waals surface area contributed by atoms with Crippen LogP contribution in [0.25, 0.3) is 0 Å². The third-order valence-electron chi connectivity index (χ3n) is 4.43. The molecule has 1 rings (SSSR count). The van der Waals surface area contributed by atoms with Gasteiger partial charge in [-0.25, -0.2) is 0 Å². The van der Waals surface area contributed by atoms with E-state index in [0.717, 1.165) is 0 Å². The average Bonchev–Trinajstić information content (AvgIpc) is 2.68. The molecular formula is C21H31N3O7S. The van der Waals surface area contributed by atoms with Gasteiger partial charge < -0.3 is 20.6 Å². The summed E-state index contributed by atoms with van der Waals surface area (Å²) in [6, 6.07) is -0.784. The van der Waals surface area contributed by atoms with Crippen LogP contribution in [0.1, 0.15) is 26.2 Å². The minimum absolute atomic E-state index is 0.000379. The zero-order valence-corrected chi connectivity index (χ0v) is 18.9. The summed E-state index contributed by atoms with van der Waals surface area (Å²) in [5.74, 6) is -2.27. The maximum absolute atomic E-state index is 13.1. The zero-order valence-electron chi connectivity index (χ0n) is 18.1. The summed E-state index contributed by atoms with van der Waals surface area (Å²) < 4.78 is 30.9. The number of nitrogens with one attached hydrogen (secondary N) is 2. The van der Waals surface area contributed by atoms with E-state index in [-0.39, 0.29) is 44.8 Å². The number of hydrogen-bond donors (Lipinski definition) is 4. The minimum atomic E-state index is -4.18. The molecule has 0 heterocycles. The lowest BCUT2D eigenvalue weighted by molar-refractivity contribution is -0.138. The van der Waals surface area contributed by atoms with Crippen LogP contribution in [0.2, 0.25) is 0 Å². The Bertz CT molecular complexity index is 876. The van der Waals surface area contributed by atoms with Crippen molar-refractivity contribution in [2.45, 2.75) is 32.2 Å². The molecule has 0 spiro atoms. The second-order valence-electron chi connectivity index (χ2n) is 7.03. The first-order valence-corrected chi connectivity index (χ1v) is 11.9. The maximum Gasteiger partial charge on any atom is 0.303 e. The minimum Gasteiger partial charge on any atom is -0.481 e. The molecule has 1 aliphatic rings. The van der Waals surface area contributed by atoms with Gasteiger partial charge in [0.2, 0.25) is 5.91 Å². The average molecular weight is 470 g/mol. The van der Waals surface area contributed by atoms with Gasteiger partial charge in [-0.3, -0.25) is 18.9 Å². The van der Waals surface area contributed by atoms with Gasteiger partial charge in [-0.2, -0.15) is 8.42 Å². The van der Waals surface area contributed by atoms with Crippen LogP contribution in [0.5, 0.6) is 0 Å². The molecule has 0 saturated heterocycles. The number of carbonyl (C=O) groups is 3. The zero-order chi connectivity index (χ0) is 24.0. The molecule has 2 amide bonds. The highest BCUT2D eigenvalue weighted by Gasteiger charge is 2.25. The van der Waals surface area contributed by atoms with Crippen LogP contribution in [0.15, 0.2) is 48.1 Å². The molecule has 0 saturated carbocycles. The van der Waals surface area contributed by atoms with Crippen LogP contribution in [-0.4, -0.2) is 78.7 Å². The van der Waals surface area contributed by atoms with Crippen molar-refractivity contribution in [3.63, 3.8) is 0 Å². The number of aliphatic carboxylic acids is 1. The molecule has 0 aromatic carbocycles. The maximum atomic E-state index is 13.1. The Morgan fingerprint density at radius 2 is 1.72 bits per heavy atom. The molecule has 1 atom stereocenters. The molecule has 10 nitrogen and oxygen atoms in total. The van der Waals surface area contributed by atoms with Gasteiger partial charge in [-0.15, -0.1) is 0 Å². The molecule has 178 valence electrons. The molecule has 32 heavy (non-hydrogen) atoms. The van der Waals surface area contributed by atoms with Crippen molar-refractivity contribution in [2.75, 3.05) is 31.9 Å². The first-order valence-electron chi connectivity index (χ1n) is 10.3. The third kappa shape index (κ3) is 11.6. The summed E-state index contributed by atoms with van der Waals surface area (Å²) >= 11 is 0. The van der Waals surface area contributed by atoms with Gasteiger partial charge in [0.25, 0.3) is 16.0 Å². The number of hydrogen-bond acceptors (Lipinski definition) is 6. The predicted octanol–water partition coefficient (Wildman–Crippen LogP) is 0.661. The van der Waals surface area contributed by atoms with Gasteiger partial charge in [-0.05, 0) is 31.5 Å². The summed E-state index contributed by atoms with van der Waals surface area (Å²) in [5.41, 5.74) is 0.416. The van der Waals surface area contributed by atoms with Crippen molar-refractivity contribution in [3.05, 3.63) is 48.1 Å². The number of rotatable bonds is 14. The second kappa shape index (κ2) is 14.3. The highest BCUT2D eigenvalue weighted by molar-refractivity contribution is 7.85. The number of likely N-dealkylation sites (N-methyl/N-ethyl adjacent to an activating group) is 1. The standard InChI is InChI=1S/C21H31N3O7S/c1-2-22-18(16-23-20(27)17-10-6-4-3-5-7-11-17)21(28)24(13-8-12-19(25)26)14-9-15-32(29,30)31/h3-7,10-11,18,22H,2,8-9,12-16H2,1H3,(H,23,27)(H,25,26)(H,29,30,31)/b4-3-,5-3?,6-4?,7-5-,10-6-,11-7?,17-10?,17-11+. The molecule has 0 radical (unpaired) electrons. The molecule has 1 unspecified atom stereocenters. The molecule has 0 fully saturated rings. The first kappa shape index (κ1) is 27.3. The van der Waals surface area contributed by atoms with E-state index in [0.29, 0.717) is 12.1 Å².